The monoisotopic (exact) mass is 267 g/mol. The summed E-state index contributed by atoms with van der Waals surface area (Å²) in [7, 11) is 0. The number of hydrogen-bond donors (Lipinski definition) is 1. The minimum Gasteiger partial charge on any atom is -0.349 e. The zero-order valence-electron chi connectivity index (χ0n) is 11.9. The van der Waals surface area contributed by atoms with E-state index in [4.69, 9.17) is 0 Å². The van der Waals surface area contributed by atoms with E-state index >= 15 is 0 Å². The first kappa shape index (κ1) is 13.2. The Balaban J connectivity index is 1.82. The first-order valence-electron chi connectivity index (χ1n) is 7.52. The molecule has 0 radical (unpaired) electrons. The molecule has 0 heterocycles. The van der Waals surface area contributed by atoms with Gasteiger partial charge in [-0.2, -0.15) is 0 Å². The molecule has 1 aliphatic carbocycles. The van der Waals surface area contributed by atoms with Gasteiger partial charge in [0.15, 0.2) is 0 Å². The lowest BCUT2D eigenvalue weighted by molar-refractivity contribution is 0.0923. The van der Waals surface area contributed by atoms with Crippen LogP contribution < -0.4 is 5.32 Å². The van der Waals surface area contributed by atoms with Gasteiger partial charge >= 0.3 is 0 Å². The van der Waals surface area contributed by atoms with Crippen LogP contribution in [0.1, 0.15) is 43.0 Å². The van der Waals surface area contributed by atoms with Gasteiger partial charge in [-0.3, -0.25) is 4.79 Å². The molecule has 2 aromatic rings. The molecule has 2 aromatic carbocycles. The minimum absolute atomic E-state index is 0.0703. The molecular weight excluding hydrogens is 246 g/mol. The first-order valence-corrected chi connectivity index (χ1v) is 7.52. The van der Waals surface area contributed by atoms with Crippen LogP contribution in [0.4, 0.5) is 0 Å². The van der Waals surface area contributed by atoms with Crippen molar-refractivity contribution in [1.29, 1.82) is 0 Å². The maximum Gasteiger partial charge on any atom is 0.252 e. The van der Waals surface area contributed by atoms with Crippen LogP contribution in [0.25, 0.3) is 10.8 Å². The van der Waals surface area contributed by atoms with Crippen molar-refractivity contribution in [2.45, 2.75) is 38.6 Å². The molecule has 1 fully saturated rings. The number of carbonyl (C=O) groups is 1. The number of nitrogens with one attached hydrogen (secondary N) is 1. The molecule has 1 amide bonds. The lowest BCUT2D eigenvalue weighted by Crippen LogP contribution is -2.38. The van der Waals surface area contributed by atoms with Crippen LogP contribution in [0.15, 0.2) is 42.5 Å². The third kappa shape index (κ3) is 2.69. The van der Waals surface area contributed by atoms with E-state index < -0.39 is 0 Å². The van der Waals surface area contributed by atoms with Crippen molar-refractivity contribution < 1.29 is 4.79 Å². The fourth-order valence-electron chi connectivity index (χ4n) is 3.25. The summed E-state index contributed by atoms with van der Waals surface area (Å²) in [6.45, 7) is 2.27. The van der Waals surface area contributed by atoms with E-state index in [1.54, 1.807) is 0 Å². The number of benzene rings is 2. The molecule has 104 valence electrons. The summed E-state index contributed by atoms with van der Waals surface area (Å²) in [5, 5.41) is 5.38. The molecule has 2 nitrogen and oxygen atoms in total. The summed E-state index contributed by atoms with van der Waals surface area (Å²) >= 11 is 0. The highest BCUT2D eigenvalue weighted by molar-refractivity contribution is 6.07. The van der Waals surface area contributed by atoms with Gasteiger partial charge in [0, 0.05) is 11.6 Å². The second-order valence-electron chi connectivity index (χ2n) is 5.97. The van der Waals surface area contributed by atoms with Gasteiger partial charge in [0.1, 0.15) is 0 Å². The molecule has 0 bridgehead atoms. The topological polar surface area (TPSA) is 29.1 Å². The summed E-state index contributed by atoms with van der Waals surface area (Å²) in [5.41, 5.74) is 0.793. The number of fused-ring (bicyclic) bond motifs is 1. The molecule has 0 unspecified atom stereocenters. The highest BCUT2D eigenvalue weighted by atomic mass is 16.1. The van der Waals surface area contributed by atoms with Crippen LogP contribution in [0, 0.1) is 5.92 Å². The highest BCUT2D eigenvalue weighted by Crippen LogP contribution is 2.24. The lowest BCUT2D eigenvalue weighted by atomic mass is 9.87. The number of amides is 1. The van der Waals surface area contributed by atoms with Crippen LogP contribution in [0.2, 0.25) is 0 Å². The number of rotatable bonds is 2. The second kappa shape index (κ2) is 5.66. The zero-order chi connectivity index (χ0) is 13.9. The van der Waals surface area contributed by atoms with Crippen LogP contribution in [0.5, 0.6) is 0 Å². The number of carbonyl (C=O) groups excluding carboxylic acids is 1. The quantitative estimate of drug-likeness (QED) is 0.870. The van der Waals surface area contributed by atoms with Gasteiger partial charge < -0.3 is 5.32 Å². The maximum absolute atomic E-state index is 12.5. The van der Waals surface area contributed by atoms with Gasteiger partial charge in [-0.25, -0.2) is 0 Å². The zero-order valence-corrected chi connectivity index (χ0v) is 11.9. The fraction of sp³-hybridized carbons (Fsp3) is 0.389. The molecule has 1 N–H and O–H groups in total. The van der Waals surface area contributed by atoms with Crippen molar-refractivity contribution in [2.24, 2.45) is 5.92 Å². The van der Waals surface area contributed by atoms with E-state index in [9.17, 15) is 4.79 Å². The summed E-state index contributed by atoms with van der Waals surface area (Å²) in [6.07, 6.45) is 4.74. The van der Waals surface area contributed by atoms with Gasteiger partial charge in [-0.15, -0.1) is 0 Å². The van der Waals surface area contributed by atoms with Crippen molar-refractivity contribution in [3.05, 3.63) is 48.0 Å². The molecule has 0 spiro atoms. The lowest BCUT2D eigenvalue weighted by Gasteiger charge is -2.27. The Kier molecular flexibility index (Phi) is 3.72. The smallest absolute Gasteiger partial charge is 0.252 e. The van der Waals surface area contributed by atoms with Gasteiger partial charge in [0.05, 0.1) is 0 Å². The Hall–Kier alpha value is -1.83. The molecule has 2 heteroatoms. The van der Waals surface area contributed by atoms with Crippen LogP contribution in [-0.2, 0) is 0 Å². The van der Waals surface area contributed by atoms with E-state index in [0.717, 1.165) is 35.1 Å². The van der Waals surface area contributed by atoms with Gasteiger partial charge in [0.25, 0.3) is 5.91 Å². The Bertz CT molecular complexity index is 614. The Morgan fingerprint density at radius 3 is 2.75 bits per heavy atom. The molecule has 20 heavy (non-hydrogen) atoms. The predicted octanol–water partition coefficient (Wildman–Crippen LogP) is 4.15. The second-order valence-corrected chi connectivity index (χ2v) is 5.97. The maximum atomic E-state index is 12.5. The first-order chi connectivity index (χ1) is 9.74. The van der Waals surface area contributed by atoms with Crippen molar-refractivity contribution in [3.63, 3.8) is 0 Å². The Labute approximate surface area is 120 Å². The highest BCUT2D eigenvalue weighted by Gasteiger charge is 2.21. The molecule has 2 atom stereocenters. The molecule has 0 aliphatic heterocycles. The number of hydrogen-bond acceptors (Lipinski definition) is 1. The Morgan fingerprint density at radius 2 is 1.90 bits per heavy atom. The van der Waals surface area contributed by atoms with Crippen molar-refractivity contribution in [3.8, 4) is 0 Å². The van der Waals surface area contributed by atoms with Gasteiger partial charge in [0.2, 0.25) is 0 Å². The molecule has 0 aromatic heterocycles. The van der Waals surface area contributed by atoms with E-state index in [1.807, 2.05) is 30.3 Å². The van der Waals surface area contributed by atoms with Crippen LogP contribution in [-0.4, -0.2) is 11.9 Å². The third-order valence-electron chi connectivity index (χ3n) is 4.31. The SMILES string of the molecule is C[C@H]1CCC[C@H](NC(=O)c2cccc3ccccc23)C1. The minimum atomic E-state index is 0.0703. The summed E-state index contributed by atoms with van der Waals surface area (Å²) in [4.78, 5) is 12.5. The molecule has 1 saturated carbocycles. The molecular formula is C18H21NO. The molecule has 0 saturated heterocycles. The summed E-state index contributed by atoms with van der Waals surface area (Å²) in [5.74, 6) is 0.794. The standard InChI is InChI=1S/C18H21NO/c1-13-6-4-9-15(12-13)19-18(20)17-11-5-8-14-7-2-3-10-16(14)17/h2-3,5,7-8,10-11,13,15H,4,6,9,12H2,1H3,(H,19,20)/t13-,15-/m0/s1. The van der Waals surface area contributed by atoms with Crippen molar-refractivity contribution >= 4 is 16.7 Å². The van der Waals surface area contributed by atoms with Crippen molar-refractivity contribution in [2.75, 3.05) is 0 Å². The van der Waals surface area contributed by atoms with E-state index in [1.165, 1.54) is 12.8 Å². The predicted molar refractivity (Wildman–Crippen MR) is 82.8 cm³/mol. The van der Waals surface area contributed by atoms with Crippen molar-refractivity contribution in [1.82, 2.24) is 5.32 Å². The van der Waals surface area contributed by atoms with E-state index in [2.05, 4.69) is 24.4 Å². The summed E-state index contributed by atoms with van der Waals surface area (Å²) in [6, 6.07) is 14.3. The van der Waals surface area contributed by atoms with E-state index in [-0.39, 0.29) is 5.91 Å². The van der Waals surface area contributed by atoms with Crippen LogP contribution in [0.3, 0.4) is 0 Å². The molecule has 1 aliphatic rings. The third-order valence-corrected chi connectivity index (χ3v) is 4.31. The largest absolute Gasteiger partial charge is 0.349 e. The fourth-order valence-corrected chi connectivity index (χ4v) is 3.25. The van der Waals surface area contributed by atoms with Crippen LogP contribution >= 0.6 is 0 Å². The van der Waals surface area contributed by atoms with E-state index in [0.29, 0.717) is 6.04 Å². The molecule has 3 rings (SSSR count). The average molecular weight is 267 g/mol. The normalized spacial score (nSPS) is 22.6. The van der Waals surface area contributed by atoms with Gasteiger partial charge in [-0.05, 0) is 35.6 Å². The van der Waals surface area contributed by atoms with Gasteiger partial charge in [-0.1, -0.05) is 56.2 Å². The average Bonchev–Trinajstić information content (AvgIpc) is 2.46. The Morgan fingerprint density at radius 1 is 1.10 bits per heavy atom. The summed E-state index contributed by atoms with van der Waals surface area (Å²) < 4.78 is 0.